The lowest BCUT2D eigenvalue weighted by atomic mass is 10.1. The molecular formula is C24H21N5O2. The summed E-state index contributed by atoms with van der Waals surface area (Å²) in [6.07, 6.45) is 1.03. The van der Waals surface area contributed by atoms with Crippen LogP contribution in [0.3, 0.4) is 0 Å². The molecule has 3 aromatic heterocycles. The van der Waals surface area contributed by atoms with E-state index in [9.17, 15) is 10.2 Å². The molecule has 31 heavy (non-hydrogen) atoms. The van der Waals surface area contributed by atoms with Crippen LogP contribution in [-0.2, 0) is 13.5 Å². The van der Waals surface area contributed by atoms with Gasteiger partial charge in [-0.2, -0.15) is 5.10 Å². The molecule has 0 spiro atoms. The van der Waals surface area contributed by atoms with Crippen LogP contribution in [0, 0.1) is 0 Å². The fraction of sp³-hybridized carbons (Fsp3) is 0.167. The van der Waals surface area contributed by atoms with Gasteiger partial charge in [0.1, 0.15) is 5.52 Å². The maximum atomic E-state index is 9.71. The van der Waals surface area contributed by atoms with Gasteiger partial charge in [-0.15, -0.1) is 0 Å². The van der Waals surface area contributed by atoms with Crippen LogP contribution in [0.1, 0.15) is 17.4 Å². The Morgan fingerprint density at radius 2 is 1.87 bits per heavy atom. The minimum atomic E-state index is -1.57. The SMILES string of the molecule is Cn1nc2c(N3CCc4ccccc43)cccc2c1-c1cc2nccc(C(O)O)c2[nH]1. The van der Waals surface area contributed by atoms with E-state index in [2.05, 4.69) is 57.3 Å². The molecule has 0 aliphatic carbocycles. The normalized spacial score (nSPS) is 13.6. The number of hydrogen-bond donors (Lipinski definition) is 3. The van der Waals surface area contributed by atoms with Crippen molar-refractivity contribution in [1.82, 2.24) is 19.7 Å². The fourth-order valence-corrected chi connectivity index (χ4v) is 4.72. The van der Waals surface area contributed by atoms with Gasteiger partial charge in [-0.1, -0.05) is 30.3 Å². The van der Waals surface area contributed by atoms with E-state index >= 15 is 0 Å². The first-order valence-corrected chi connectivity index (χ1v) is 10.3. The number of benzene rings is 2. The van der Waals surface area contributed by atoms with Crippen molar-refractivity contribution in [2.75, 3.05) is 11.4 Å². The second-order valence-corrected chi connectivity index (χ2v) is 7.89. The van der Waals surface area contributed by atoms with Gasteiger partial charge in [0.2, 0.25) is 0 Å². The first-order chi connectivity index (χ1) is 15.1. The Labute approximate surface area is 178 Å². The molecule has 0 radical (unpaired) electrons. The van der Waals surface area contributed by atoms with Crippen molar-refractivity contribution >= 4 is 33.3 Å². The number of anilines is 2. The lowest BCUT2D eigenvalue weighted by molar-refractivity contribution is -0.0414. The highest BCUT2D eigenvalue weighted by atomic mass is 16.5. The van der Waals surface area contributed by atoms with Gasteiger partial charge in [0.25, 0.3) is 0 Å². The molecule has 1 aliphatic rings. The van der Waals surface area contributed by atoms with Crippen molar-refractivity contribution in [2.24, 2.45) is 7.05 Å². The topological polar surface area (TPSA) is 90.2 Å². The monoisotopic (exact) mass is 411 g/mol. The van der Waals surface area contributed by atoms with Crippen LogP contribution in [0.25, 0.3) is 33.3 Å². The summed E-state index contributed by atoms with van der Waals surface area (Å²) in [6, 6.07) is 18.3. The molecule has 7 nitrogen and oxygen atoms in total. The Morgan fingerprint density at radius 3 is 2.74 bits per heavy atom. The molecule has 1 aliphatic heterocycles. The van der Waals surface area contributed by atoms with Gasteiger partial charge >= 0.3 is 0 Å². The largest absolute Gasteiger partial charge is 0.364 e. The summed E-state index contributed by atoms with van der Waals surface area (Å²) < 4.78 is 1.87. The third-order valence-corrected chi connectivity index (χ3v) is 6.11. The van der Waals surface area contributed by atoms with Crippen LogP contribution in [0.5, 0.6) is 0 Å². The standard InChI is InChI=1S/C24H21N5O2/c1-28-23(18-13-17-21(26-18)16(24(30)31)9-11-25-17)15-6-4-8-20(22(15)27-28)29-12-10-14-5-2-3-7-19(14)29/h2-9,11,13,24,26,30-31H,10,12H2,1H3. The zero-order valence-corrected chi connectivity index (χ0v) is 16.9. The summed E-state index contributed by atoms with van der Waals surface area (Å²) in [5.41, 5.74) is 8.07. The first-order valence-electron chi connectivity index (χ1n) is 10.3. The number of nitrogens with one attached hydrogen (secondary N) is 1. The number of nitrogens with zero attached hydrogens (tertiary/aromatic N) is 4. The number of aromatic nitrogens is 4. The summed E-state index contributed by atoms with van der Waals surface area (Å²) in [5, 5.41) is 25.3. The van der Waals surface area contributed by atoms with Crippen molar-refractivity contribution in [3.63, 3.8) is 0 Å². The quantitative estimate of drug-likeness (QED) is 0.393. The second kappa shape index (κ2) is 6.66. The molecule has 5 aromatic rings. The Kier molecular flexibility index (Phi) is 3.89. The smallest absolute Gasteiger partial charge is 0.180 e. The summed E-state index contributed by atoms with van der Waals surface area (Å²) in [5.74, 6) is 0. The maximum absolute atomic E-state index is 9.71. The van der Waals surface area contributed by atoms with Gasteiger partial charge < -0.3 is 20.1 Å². The minimum Gasteiger partial charge on any atom is -0.364 e. The van der Waals surface area contributed by atoms with E-state index in [4.69, 9.17) is 5.10 Å². The zero-order chi connectivity index (χ0) is 21.1. The lowest BCUT2D eigenvalue weighted by Crippen LogP contribution is -2.13. The van der Waals surface area contributed by atoms with Gasteiger partial charge in [0, 0.05) is 36.4 Å². The lowest BCUT2D eigenvalue weighted by Gasteiger charge is -2.19. The Morgan fingerprint density at radius 1 is 1.03 bits per heavy atom. The van der Waals surface area contributed by atoms with Gasteiger partial charge in [-0.25, -0.2) is 0 Å². The van der Waals surface area contributed by atoms with Crippen molar-refractivity contribution in [2.45, 2.75) is 12.7 Å². The number of aliphatic hydroxyl groups is 2. The second-order valence-electron chi connectivity index (χ2n) is 7.89. The third kappa shape index (κ3) is 2.67. The predicted molar refractivity (Wildman–Crippen MR) is 120 cm³/mol. The molecule has 0 saturated carbocycles. The molecule has 0 bridgehead atoms. The maximum Gasteiger partial charge on any atom is 0.180 e. The average Bonchev–Trinajstić information content (AvgIpc) is 3.46. The van der Waals surface area contributed by atoms with Crippen LogP contribution in [0.15, 0.2) is 60.8 Å². The number of rotatable bonds is 3. The number of aliphatic hydroxyl groups excluding tert-OH is 1. The molecule has 2 aromatic carbocycles. The molecule has 154 valence electrons. The minimum absolute atomic E-state index is 0.400. The molecule has 4 heterocycles. The molecular weight excluding hydrogens is 390 g/mol. The van der Waals surface area contributed by atoms with E-state index in [1.165, 1.54) is 11.3 Å². The number of aryl methyl sites for hydroxylation is 1. The van der Waals surface area contributed by atoms with E-state index in [1.807, 2.05) is 17.8 Å². The molecule has 7 heteroatoms. The van der Waals surface area contributed by atoms with E-state index in [-0.39, 0.29) is 0 Å². The summed E-state index contributed by atoms with van der Waals surface area (Å²) >= 11 is 0. The van der Waals surface area contributed by atoms with Crippen LogP contribution in [-0.4, -0.2) is 36.5 Å². The third-order valence-electron chi connectivity index (χ3n) is 6.11. The molecule has 0 fully saturated rings. The number of aromatic amines is 1. The van der Waals surface area contributed by atoms with Crippen molar-refractivity contribution < 1.29 is 10.2 Å². The van der Waals surface area contributed by atoms with Gasteiger partial charge in [-0.3, -0.25) is 9.67 Å². The number of H-pyrrole nitrogens is 1. The van der Waals surface area contributed by atoms with Gasteiger partial charge in [0.15, 0.2) is 6.29 Å². The van der Waals surface area contributed by atoms with E-state index in [0.29, 0.717) is 16.6 Å². The molecule has 3 N–H and O–H groups in total. The van der Waals surface area contributed by atoms with E-state index < -0.39 is 6.29 Å². The Hall–Kier alpha value is -3.68. The van der Waals surface area contributed by atoms with Crippen LogP contribution < -0.4 is 4.90 Å². The number of para-hydroxylation sites is 1. The summed E-state index contributed by atoms with van der Waals surface area (Å²) in [4.78, 5) is 10.0. The van der Waals surface area contributed by atoms with Gasteiger partial charge in [0.05, 0.1) is 28.1 Å². The Balaban J connectivity index is 1.54. The van der Waals surface area contributed by atoms with Crippen LogP contribution >= 0.6 is 0 Å². The molecule has 0 saturated heterocycles. The highest BCUT2D eigenvalue weighted by molar-refractivity contribution is 6.02. The molecule has 0 unspecified atom stereocenters. The van der Waals surface area contributed by atoms with E-state index in [0.717, 1.165) is 40.9 Å². The van der Waals surface area contributed by atoms with E-state index in [1.54, 1.807) is 12.3 Å². The Bertz CT molecular complexity index is 1450. The number of hydrogen-bond acceptors (Lipinski definition) is 5. The summed E-state index contributed by atoms with van der Waals surface area (Å²) in [7, 11) is 1.93. The van der Waals surface area contributed by atoms with Crippen molar-refractivity contribution in [3.05, 3.63) is 71.9 Å². The van der Waals surface area contributed by atoms with Crippen LogP contribution in [0.4, 0.5) is 11.4 Å². The zero-order valence-electron chi connectivity index (χ0n) is 16.9. The first kappa shape index (κ1) is 18.1. The summed E-state index contributed by atoms with van der Waals surface area (Å²) in [6.45, 7) is 0.929. The average molecular weight is 411 g/mol. The highest BCUT2D eigenvalue weighted by Crippen LogP contribution is 2.40. The predicted octanol–water partition coefficient (Wildman–Crippen LogP) is 3.79. The van der Waals surface area contributed by atoms with Gasteiger partial charge in [-0.05, 0) is 36.2 Å². The van der Waals surface area contributed by atoms with Crippen LogP contribution in [0.2, 0.25) is 0 Å². The number of pyridine rings is 1. The fourth-order valence-electron chi connectivity index (χ4n) is 4.72. The molecule has 0 amide bonds. The molecule has 6 rings (SSSR count). The highest BCUT2D eigenvalue weighted by Gasteiger charge is 2.24. The van der Waals surface area contributed by atoms with Crippen molar-refractivity contribution in [1.29, 1.82) is 0 Å². The van der Waals surface area contributed by atoms with Crippen molar-refractivity contribution in [3.8, 4) is 11.4 Å². The molecule has 0 atom stereocenters. The number of fused-ring (bicyclic) bond motifs is 3.